The fraction of sp³-hybridized carbons (Fsp3) is 0.308. The zero-order valence-corrected chi connectivity index (χ0v) is 12.0. The van der Waals surface area contributed by atoms with Crippen LogP contribution in [0.4, 0.5) is 5.69 Å². The largest absolute Gasteiger partial charge is 0.488 e. The molecule has 1 aromatic rings. The maximum absolute atomic E-state index is 6.00. The summed E-state index contributed by atoms with van der Waals surface area (Å²) < 4.78 is 10.8. The molecule has 0 amide bonds. The van der Waals surface area contributed by atoms with Crippen LogP contribution in [0, 0.1) is 0 Å². The van der Waals surface area contributed by atoms with Gasteiger partial charge in [0.2, 0.25) is 0 Å². The molecule has 5 heteroatoms. The van der Waals surface area contributed by atoms with Crippen molar-refractivity contribution in [1.29, 1.82) is 0 Å². The van der Waals surface area contributed by atoms with Crippen molar-refractivity contribution in [3.8, 4) is 5.75 Å². The Morgan fingerprint density at radius 3 is 2.89 bits per heavy atom. The van der Waals surface area contributed by atoms with Crippen molar-refractivity contribution in [3.63, 3.8) is 0 Å². The monoisotopic (exact) mass is 285 g/mol. The minimum Gasteiger partial charge on any atom is -0.488 e. The molecule has 0 radical (unpaired) electrons. The highest BCUT2D eigenvalue weighted by Crippen LogP contribution is 2.28. The van der Waals surface area contributed by atoms with Crippen LogP contribution in [0.15, 0.2) is 30.9 Å². The van der Waals surface area contributed by atoms with Crippen molar-refractivity contribution in [2.24, 2.45) is 0 Å². The first-order valence-corrected chi connectivity index (χ1v) is 6.32. The predicted octanol–water partition coefficient (Wildman–Crippen LogP) is 4.03. The third-order valence-electron chi connectivity index (χ3n) is 1.88. The van der Waals surface area contributed by atoms with Gasteiger partial charge in [0.05, 0.1) is 11.1 Å². The lowest BCUT2D eigenvalue weighted by Crippen LogP contribution is -2.17. The molecule has 0 fully saturated rings. The SMILES string of the molecule is C=CCOc1cc(NC(=S)OC(C)C)ccc1Cl. The summed E-state index contributed by atoms with van der Waals surface area (Å²) in [6.07, 6.45) is 1.69. The van der Waals surface area contributed by atoms with E-state index in [2.05, 4.69) is 11.9 Å². The van der Waals surface area contributed by atoms with E-state index < -0.39 is 0 Å². The number of rotatable bonds is 5. The molecule has 0 aromatic heterocycles. The standard InChI is InChI=1S/C13H16ClNO2S/c1-4-7-16-12-8-10(5-6-11(12)14)15-13(18)17-9(2)3/h4-6,8-9H,1,7H2,2-3H3,(H,15,18). The molecule has 1 N–H and O–H groups in total. The first-order chi connectivity index (χ1) is 8.52. The number of nitrogens with one attached hydrogen (secondary N) is 1. The summed E-state index contributed by atoms with van der Waals surface area (Å²) in [7, 11) is 0. The van der Waals surface area contributed by atoms with E-state index in [1.54, 1.807) is 24.3 Å². The lowest BCUT2D eigenvalue weighted by Gasteiger charge is -2.13. The number of ether oxygens (including phenoxy) is 2. The lowest BCUT2D eigenvalue weighted by atomic mass is 10.3. The van der Waals surface area contributed by atoms with Crippen molar-refractivity contribution in [2.45, 2.75) is 20.0 Å². The molecule has 0 spiro atoms. The van der Waals surface area contributed by atoms with Gasteiger partial charge >= 0.3 is 0 Å². The van der Waals surface area contributed by atoms with Gasteiger partial charge < -0.3 is 14.8 Å². The topological polar surface area (TPSA) is 30.5 Å². The van der Waals surface area contributed by atoms with Crippen LogP contribution in [0.25, 0.3) is 0 Å². The van der Waals surface area contributed by atoms with Crippen molar-refractivity contribution < 1.29 is 9.47 Å². The van der Waals surface area contributed by atoms with E-state index >= 15 is 0 Å². The van der Waals surface area contributed by atoms with Crippen LogP contribution >= 0.6 is 23.8 Å². The summed E-state index contributed by atoms with van der Waals surface area (Å²) in [5.41, 5.74) is 0.768. The average molecular weight is 286 g/mol. The highest BCUT2D eigenvalue weighted by atomic mass is 35.5. The minimum atomic E-state index is 0.0359. The van der Waals surface area contributed by atoms with Crippen LogP contribution in [-0.2, 0) is 4.74 Å². The fourth-order valence-electron chi connectivity index (χ4n) is 1.20. The predicted molar refractivity (Wildman–Crippen MR) is 79.6 cm³/mol. The third-order valence-corrected chi connectivity index (χ3v) is 2.39. The van der Waals surface area contributed by atoms with Gasteiger partial charge in [0.15, 0.2) is 0 Å². The van der Waals surface area contributed by atoms with E-state index in [0.717, 1.165) is 5.69 Å². The van der Waals surface area contributed by atoms with Gasteiger partial charge in [0.1, 0.15) is 12.4 Å². The Labute approximate surface area is 118 Å². The first-order valence-electron chi connectivity index (χ1n) is 5.53. The van der Waals surface area contributed by atoms with Gasteiger partial charge in [-0.05, 0) is 38.2 Å². The quantitative estimate of drug-likeness (QED) is 0.654. The Morgan fingerprint density at radius 2 is 2.28 bits per heavy atom. The molecule has 0 aliphatic carbocycles. The second-order valence-corrected chi connectivity index (χ2v) is 4.60. The molecule has 0 heterocycles. The van der Waals surface area contributed by atoms with E-state index in [-0.39, 0.29) is 6.10 Å². The van der Waals surface area contributed by atoms with Gasteiger partial charge in [-0.1, -0.05) is 24.3 Å². The number of halogens is 1. The number of anilines is 1. The maximum Gasteiger partial charge on any atom is 0.261 e. The molecule has 18 heavy (non-hydrogen) atoms. The molecule has 1 rings (SSSR count). The summed E-state index contributed by atoms with van der Waals surface area (Å²) >= 11 is 11.1. The molecule has 0 unspecified atom stereocenters. The third kappa shape index (κ3) is 4.94. The van der Waals surface area contributed by atoms with Crippen molar-refractivity contribution in [3.05, 3.63) is 35.9 Å². The molecular weight excluding hydrogens is 270 g/mol. The molecule has 0 aliphatic rings. The molecule has 0 atom stereocenters. The smallest absolute Gasteiger partial charge is 0.261 e. The van der Waals surface area contributed by atoms with E-state index in [0.29, 0.717) is 22.6 Å². The normalized spacial score (nSPS) is 10.0. The van der Waals surface area contributed by atoms with Crippen LogP contribution < -0.4 is 10.1 Å². The van der Waals surface area contributed by atoms with E-state index in [1.807, 2.05) is 13.8 Å². The Hall–Kier alpha value is -1.26. The molecule has 0 saturated heterocycles. The molecule has 0 aliphatic heterocycles. The summed E-state index contributed by atoms with van der Waals surface area (Å²) in [5.74, 6) is 0.578. The Morgan fingerprint density at radius 1 is 1.56 bits per heavy atom. The minimum absolute atomic E-state index is 0.0359. The second kappa shape index (κ2) is 7.24. The van der Waals surface area contributed by atoms with Gasteiger partial charge in [0.25, 0.3) is 5.17 Å². The Bertz CT molecular complexity index is 435. The number of thiocarbonyl (C=S) groups is 1. The van der Waals surface area contributed by atoms with Crippen LogP contribution in [-0.4, -0.2) is 17.9 Å². The zero-order valence-electron chi connectivity index (χ0n) is 10.4. The molecular formula is C13H16ClNO2S. The molecule has 3 nitrogen and oxygen atoms in total. The fourth-order valence-corrected chi connectivity index (χ4v) is 1.68. The van der Waals surface area contributed by atoms with E-state index in [9.17, 15) is 0 Å². The highest BCUT2D eigenvalue weighted by Gasteiger charge is 2.05. The first kappa shape index (κ1) is 14.8. The van der Waals surface area contributed by atoms with E-state index in [4.69, 9.17) is 33.3 Å². The summed E-state index contributed by atoms with van der Waals surface area (Å²) in [6, 6.07) is 5.31. The van der Waals surface area contributed by atoms with Gasteiger partial charge in [0, 0.05) is 11.8 Å². The molecule has 0 bridgehead atoms. The summed E-state index contributed by atoms with van der Waals surface area (Å²) in [5, 5.41) is 3.82. The van der Waals surface area contributed by atoms with Gasteiger partial charge in [-0.2, -0.15) is 0 Å². The summed E-state index contributed by atoms with van der Waals surface area (Å²) in [6.45, 7) is 7.81. The second-order valence-electron chi connectivity index (χ2n) is 3.82. The van der Waals surface area contributed by atoms with Crippen LogP contribution in [0.1, 0.15) is 13.8 Å². The van der Waals surface area contributed by atoms with Crippen LogP contribution in [0.3, 0.4) is 0 Å². The Kier molecular flexibility index (Phi) is 5.95. The highest BCUT2D eigenvalue weighted by molar-refractivity contribution is 7.80. The van der Waals surface area contributed by atoms with Crippen molar-refractivity contribution in [2.75, 3.05) is 11.9 Å². The van der Waals surface area contributed by atoms with Crippen LogP contribution in [0.2, 0.25) is 5.02 Å². The van der Waals surface area contributed by atoms with Gasteiger partial charge in [-0.3, -0.25) is 0 Å². The zero-order chi connectivity index (χ0) is 13.5. The van der Waals surface area contributed by atoms with Crippen molar-refractivity contribution >= 4 is 34.7 Å². The van der Waals surface area contributed by atoms with Crippen molar-refractivity contribution in [1.82, 2.24) is 0 Å². The number of hydrogen-bond donors (Lipinski definition) is 1. The average Bonchev–Trinajstić information content (AvgIpc) is 2.28. The molecule has 0 saturated carbocycles. The van der Waals surface area contributed by atoms with Gasteiger partial charge in [-0.15, -0.1) is 0 Å². The van der Waals surface area contributed by atoms with Gasteiger partial charge in [-0.25, -0.2) is 0 Å². The number of benzene rings is 1. The Balaban J connectivity index is 2.72. The van der Waals surface area contributed by atoms with Crippen LogP contribution in [0.5, 0.6) is 5.75 Å². The lowest BCUT2D eigenvalue weighted by molar-refractivity contribution is 0.235. The van der Waals surface area contributed by atoms with E-state index in [1.165, 1.54) is 0 Å². The molecule has 1 aromatic carbocycles. The summed E-state index contributed by atoms with van der Waals surface area (Å²) in [4.78, 5) is 0. The number of hydrogen-bond acceptors (Lipinski definition) is 3. The maximum atomic E-state index is 6.00. The molecule has 98 valence electrons.